The van der Waals surface area contributed by atoms with Gasteiger partial charge in [-0.25, -0.2) is 4.39 Å². The second-order valence-electron chi connectivity index (χ2n) is 3.92. The molecule has 0 spiro atoms. The monoisotopic (exact) mass is 255 g/mol. The van der Waals surface area contributed by atoms with E-state index in [1.165, 1.54) is 12.1 Å². The lowest BCUT2D eigenvalue weighted by Gasteiger charge is -2.08. The van der Waals surface area contributed by atoms with Crippen molar-refractivity contribution >= 4 is 0 Å². The van der Waals surface area contributed by atoms with Crippen molar-refractivity contribution < 1.29 is 9.13 Å². The van der Waals surface area contributed by atoms with Gasteiger partial charge < -0.3 is 10.5 Å². The van der Waals surface area contributed by atoms with Crippen LogP contribution in [0, 0.1) is 17.7 Å². The smallest absolute Gasteiger partial charge is 0.135 e. The van der Waals surface area contributed by atoms with Crippen LogP contribution in [0.25, 0.3) is 0 Å². The van der Waals surface area contributed by atoms with Crippen molar-refractivity contribution in [1.82, 2.24) is 0 Å². The minimum absolute atomic E-state index is 0.252. The summed E-state index contributed by atoms with van der Waals surface area (Å²) in [5, 5.41) is 0. The van der Waals surface area contributed by atoms with Gasteiger partial charge in [-0.3, -0.25) is 0 Å². The summed E-state index contributed by atoms with van der Waals surface area (Å²) in [6.07, 6.45) is 0. The van der Waals surface area contributed by atoms with Crippen molar-refractivity contribution in [3.63, 3.8) is 0 Å². The quantitative estimate of drug-likeness (QED) is 0.856. The second kappa shape index (κ2) is 6.58. The highest BCUT2D eigenvalue weighted by Gasteiger charge is 2.01. The molecule has 19 heavy (non-hydrogen) atoms. The van der Waals surface area contributed by atoms with Gasteiger partial charge in [0, 0.05) is 0 Å². The van der Waals surface area contributed by atoms with Gasteiger partial charge in [-0.2, -0.15) is 0 Å². The normalized spacial score (nSPS) is 9.58. The zero-order valence-corrected chi connectivity index (χ0v) is 10.4. The molecule has 2 aromatic carbocycles. The van der Waals surface area contributed by atoms with Crippen molar-refractivity contribution in [3.05, 3.63) is 65.5 Å². The predicted molar refractivity (Wildman–Crippen MR) is 73.1 cm³/mol. The molecule has 0 aliphatic carbocycles. The van der Waals surface area contributed by atoms with Crippen LogP contribution in [-0.4, -0.2) is 6.54 Å². The first-order chi connectivity index (χ1) is 9.29. The molecule has 0 amide bonds. The van der Waals surface area contributed by atoms with Gasteiger partial charge in [-0.1, -0.05) is 36.1 Å². The fourth-order valence-electron chi connectivity index (χ4n) is 1.58. The number of para-hydroxylation sites is 1. The SMILES string of the molecule is NCC#Cc1ccccc1OCc1ccc(F)cc1. The van der Waals surface area contributed by atoms with Gasteiger partial charge in [0.1, 0.15) is 18.2 Å². The summed E-state index contributed by atoms with van der Waals surface area (Å²) in [5.74, 6) is 6.21. The number of nitrogens with two attached hydrogens (primary N) is 1. The molecule has 0 fully saturated rings. The van der Waals surface area contributed by atoms with E-state index >= 15 is 0 Å². The van der Waals surface area contributed by atoms with E-state index in [2.05, 4.69) is 11.8 Å². The minimum atomic E-state index is -0.252. The van der Waals surface area contributed by atoms with Gasteiger partial charge in [-0.05, 0) is 29.8 Å². The fraction of sp³-hybridized carbons (Fsp3) is 0.125. The third-order valence-corrected chi connectivity index (χ3v) is 2.52. The van der Waals surface area contributed by atoms with E-state index in [-0.39, 0.29) is 5.82 Å². The Balaban J connectivity index is 2.09. The molecule has 0 aliphatic heterocycles. The molecule has 0 saturated heterocycles. The largest absolute Gasteiger partial charge is 0.488 e. The van der Waals surface area contributed by atoms with Crippen LogP contribution in [0.4, 0.5) is 4.39 Å². The molecule has 0 saturated carbocycles. The molecule has 0 aliphatic rings. The van der Waals surface area contributed by atoms with Gasteiger partial charge in [0.2, 0.25) is 0 Å². The summed E-state index contributed by atoms with van der Waals surface area (Å²) >= 11 is 0. The van der Waals surface area contributed by atoms with Crippen molar-refractivity contribution in [2.45, 2.75) is 6.61 Å². The minimum Gasteiger partial charge on any atom is -0.488 e. The molecule has 2 rings (SSSR count). The van der Waals surface area contributed by atoms with E-state index in [0.29, 0.717) is 18.9 Å². The second-order valence-corrected chi connectivity index (χ2v) is 3.92. The third-order valence-electron chi connectivity index (χ3n) is 2.52. The molecule has 2 aromatic rings. The van der Waals surface area contributed by atoms with Crippen LogP contribution in [0.5, 0.6) is 5.75 Å². The van der Waals surface area contributed by atoms with Crippen molar-refractivity contribution in [2.75, 3.05) is 6.54 Å². The van der Waals surface area contributed by atoms with Crippen LogP contribution < -0.4 is 10.5 Å². The Labute approximate surface area is 112 Å². The van der Waals surface area contributed by atoms with E-state index in [4.69, 9.17) is 10.5 Å². The van der Waals surface area contributed by atoms with Crippen LogP contribution in [0.1, 0.15) is 11.1 Å². The van der Waals surface area contributed by atoms with Gasteiger partial charge in [0.05, 0.1) is 12.1 Å². The van der Waals surface area contributed by atoms with Crippen molar-refractivity contribution in [3.8, 4) is 17.6 Å². The lowest BCUT2D eigenvalue weighted by Crippen LogP contribution is -1.98. The molecule has 2 nitrogen and oxygen atoms in total. The molecular weight excluding hydrogens is 241 g/mol. The van der Waals surface area contributed by atoms with E-state index in [0.717, 1.165) is 11.1 Å². The first-order valence-electron chi connectivity index (χ1n) is 5.95. The van der Waals surface area contributed by atoms with E-state index in [9.17, 15) is 4.39 Å². The van der Waals surface area contributed by atoms with Crippen LogP contribution in [-0.2, 0) is 6.61 Å². The summed E-state index contributed by atoms with van der Waals surface area (Å²) in [4.78, 5) is 0. The van der Waals surface area contributed by atoms with Gasteiger partial charge in [-0.15, -0.1) is 0 Å². The molecule has 2 N–H and O–H groups in total. The number of hydrogen-bond donors (Lipinski definition) is 1. The van der Waals surface area contributed by atoms with E-state index in [1.54, 1.807) is 12.1 Å². The molecule has 96 valence electrons. The van der Waals surface area contributed by atoms with Crippen LogP contribution >= 0.6 is 0 Å². The zero-order valence-electron chi connectivity index (χ0n) is 10.4. The Hall–Kier alpha value is -2.31. The Kier molecular flexibility index (Phi) is 4.54. The Bertz CT molecular complexity index is 596. The van der Waals surface area contributed by atoms with Gasteiger partial charge in [0.25, 0.3) is 0 Å². The molecule has 3 heteroatoms. The summed E-state index contributed by atoms with van der Waals surface area (Å²) in [5.41, 5.74) is 7.06. The summed E-state index contributed by atoms with van der Waals surface area (Å²) in [6, 6.07) is 13.7. The molecular formula is C16H14FNO. The molecule has 0 unspecified atom stereocenters. The number of hydrogen-bond acceptors (Lipinski definition) is 2. The van der Waals surface area contributed by atoms with Crippen LogP contribution in [0.2, 0.25) is 0 Å². The average molecular weight is 255 g/mol. The van der Waals surface area contributed by atoms with Gasteiger partial charge >= 0.3 is 0 Å². The standard InChI is InChI=1S/C16H14FNO/c17-15-9-7-13(8-10-15)12-19-16-6-2-1-4-14(16)5-3-11-18/h1-2,4,6-10H,11-12,18H2. The maximum atomic E-state index is 12.8. The number of benzene rings is 2. The highest BCUT2D eigenvalue weighted by Crippen LogP contribution is 2.18. The molecule has 0 atom stereocenters. The fourth-order valence-corrected chi connectivity index (χ4v) is 1.58. The predicted octanol–water partition coefficient (Wildman–Crippen LogP) is 2.71. The van der Waals surface area contributed by atoms with Gasteiger partial charge in [0.15, 0.2) is 0 Å². The van der Waals surface area contributed by atoms with E-state index in [1.807, 2.05) is 24.3 Å². The maximum Gasteiger partial charge on any atom is 0.135 e. The maximum absolute atomic E-state index is 12.8. The summed E-state index contributed by atoms with van der Waals surface area (Å²) < 4.78 is 18.5. The molecule has 0 bridgehead atoms. The van der Waals surface area contributed by atoms with Crippen molar-refractivity contribution in [2.24, 2.45) is 5.73 Å². The summed E-state index contributed by atoms with van der Waals surface area (Å²) in [7, 11) is 0. The first kappa shape index (κ1) is 13.1. The molecule has 0 aromatic heterocycles. The average Bonchev–Trinajstić information content (AvgIpc) is 2.45. The van der Waals surface area contributed by atoms with Crippen LogP contribution in [0.15, 0.2) is 48.5 Å². The lowest BCUT2D eigenvalue weighted by molar-refractivity contribution is 0.305. The Morgan fingerprint density at radius 2 is 1.79 bits per heavy atom. The number of halogens is 1. The highest BCUT2D eigenvalue weighted by atomic mass is 19.1. The van der Waals surface area contributed by atoms with Crippen molar-refractivity contribution in [1.29, 1.82) is 0 Å². The lowest BCUT2D eigenvalue weighted by atomic mass is 10.2. The topological polar surface area (TPSA) is 35.2 Å². The Morgan fingerprint density at radius 1 is 1.05 bits per heavy atom. The molecule has 0 radical (unpaired) electrons. The number of ether oxygens (including phenoxy) is 1. The highest BCUT2D eigenvalue weighted by molar-refractivity contribution is 5.46. The van der Waals surface area contributed by atoms with Crippen LogP contribution in [0.3, 0.4) is 0 Å². The summed E-state index contributed by atoms with van der Waals surface area (Å²) in [6.45, 7) is 0.688. The third kappa shape index (κ3) is 3.84. The zero-order chi connectivity index (χ0) is 13.5. The first-order valence-corrected chi connectivity index (χ1v) is 5.95. The molecule has 0 heterocycles. The number of rotatable bonds is 3. The Morgan fingerprint density at radius 3 is 2.53 bits per heavy atom. The van der Waals surface area contributed by atoms with E-state index < -0.39 is 0 Å².